The van der Waals surface area contributed by atoms with Crippen molar-refractivity contribution in [3.8, 4) is 5.75 Å². The molecule has 4 aromatic heterocycles. The summed E-state index contributed by atoms with van der Waals surface area (Å²) in [6.45, 7) is 2.82. The van der Waals surface area contributed by atoms with Crippen LogP contribution < -0.4 is 9.64 Å². The molecule has 0 radical (unpaired) electrons. The summed E-state index contributed by atoms with van der Waals surface area (Å²) in [4.78, 5) is 14.2. The zero-order valence-corrected chi connectivity index (χ0v) is 20.3. The summed E-state index contributed by atoms with van der Waals surface area (Å²) >= 11 is 0. The summed E-state index contributed by atoms with van der Waals surface area (Å²) in [5.41, 5.74) is 3.98. The van der Waals surface area contributed by atoms with Crippen molar-refractivity contribution in [1.29, 1.82) is 0 Å². The van der Waals surface area contributed by atoms with Crippen LogP contribution in [0.1, 0.15) is 22.4 Å². The van der Waals surface area contributed by atoms with Gasteiger partial charge in [-0.2, -0.15) is 13.2 Å². The number of halogens is 4. The Morgan fingerprint density at radius 3 is 2.53 bits per heavy atom. The average molecular weight is 520 g/mol. The van der Waals surface area contributed by atoms with Gasteiger partial charge in [0.25, 0.3) is 0 Å². The van der Waals surface area contributed by atoms with Crippen LogP contribution in [0.15, 0.2) is 42.9 Å². The highest BCUT2D eigenvalue weighted by Gasteiger charge is 2.32. The van der Waals surface area contributed by atoms with E-state index in [4.69, 9.17) is 4.74 Å². The number of nitrogens with zero attached hydrogens (tertiary/aromatic N) is 5. The van der Waals surface area contributed by atoms with Gasteiger partial charge >= 0.3 is 6.18 Å². The van der Waals surface area contributed by atoms with E-state index < -0.39 is 17.6 Å². The minimum absolute atomic E-state index is 0.0915. The first-order valence-corrected chi connectivity index (χ1v) is 12.0. The lowest BCUT2D eigenvalue weighted by molar-refractivity contribution is -0.138. The van der Waals surface area contributed by atoms with E-state index in [-0.39, 0.29) is 11.7 Å². The maximum Gasteiger partial charge on any atom is 0.419 e. The van der Waals surface area contributed by atoms with Crippen molar-refractivity contribution < 1.29 is 22.3 Å². The highest BCUT2D eigenvalue weighted by molar-refractivity contribution is 6.24. The van der Waals surface area contributed by atoms with Crippen molar-refractivity contribution in [2.75, 3.05) is 18.6 Å². The number of methoxy groups -OCH3 is 1. The molecule has 11 heteroatoms. The Bertz CT molecular complexity index is 1910. The van der Waals surface area contributed by atoms with E-state index in [1.165, 1.54) is 7.11 Å². The molecule has 192 valence electrons. The highest BCUT2D eigenvalue weighted by Crippen LogP contribution is 2.44. The van der Waals surface area contributed by atoms with Crippen LogP contribution in [0.2, 0.25) is 0 Å². The van der Waals surface area contributed by atoms with Crippen molar-refractivity contribution in [2.45, 2.75) is 26.1 Å². The molecule has 7 nitrogen and oxygen atoms in total. The normalized spacial score (nSPS) is 14.2. The number of H-pyrrole nitrogens is 1. The molecule has 6 aromatic rings. The summed E-state index contributed by atoms with van der Waals surface area (Å²) < 4.78 is 62.8. The lowest BCUT2D eigenvalue weighted by atomic mass is 9.96. The first-order chi connectivity index (χ1) is 18.3. The summed E-state index contributed by atoms with van der Waals surface area (Å²) in [7, 11) is 1.43. The predicted molar refractivity (Wildman–Crippen MR) is 135 cm³/mol. The van der Waals surface area contributed by atoms with Crippen molar-refractivity contribution >= 4 is 44.0 Å². The van der Waals surface area contributed by atoms with Crippen LogP contribution in [-0.4, -0.2) is 38.2 Å². The standard InChI is InChI=1S/C27H20F4N6O/c1-13-4-3-5-16-19-20(15-6-8-32-22(15)25(38-2)21(19)28)24-17-12-36(9-7-18(17)35-37(24)23(13)16)26-33-10-14(11-34-26)27(29,30)31/h3-6,8,10-11,35H,7,9,12H2,1-2H3. The van der Waals surface area contributed by atoms with Gasteiger partial charge in [0.15, 0.2) is 11.6 Å². The van der Waals surface area contributed by atoms with Crippen molar-refractivity contribution in [2.24, 2.45) is 0 Å². The largest absolute Gasteiger partial charge is 0.491 e. The first-order valence-electron chi connectivity index (χ1n) is 12.0. The second-order valence-corrected chi connectivity index (χ2v) is 9.47. The second kappa shape index (κ2) is 7.80. The maximum absolute atomic E-state index is 16.2. The quantitative estimate of drug-likeness (QED) is 0.226. The van der Waals surface area contributed by atoms with Gasteiger partial charge in [-0.3, -0.25) is 14.6 Å². The fraction of sp³-hybridized carbons (Fsp3) is 0.222. The Morgan fingerprint density at radius 1 is 1.00 bits per heavy atom. The van der Waals surface area contributed by atoms with E-state index in [1.54, 1.807) is 6.20 Å². The molecule has 5 heterocycles. The molecule has 0 aliphatic carbocycles. The molecular weight excluding hydrogens is 500 g/mol. The van der Waals surface area contributed by atoms with Crippen molar-refractivity contribution in [1.82, 2.24) is 24.6 Å². The van der Waals surface area contributed by atoms with Crippen LogP contribution in [0.3, 0.4) is 0 Å². The third-order valence-electron chi connectivity index (χ3n) is 7.37. The maximum atomic E-state index is 16.2. The zero-order chi connectivity index (χ0) is 26.3. The summed E-state index contributed by atoms with van der Waals surface area (Å²) in [5.74, 6) is -0.188. The number of aryl methyl sites for hydroxylation is 1. The lowest BCUT2D eigenvalue weighted by Crippen LogP contribution is -2.31. The molecule has 0 spiro atoms. The number of ether oxygens (including phenoxy) is 1. The van der Waals surface area contributed by atoms with Crippen molar-refractivity contribution in [3.05, 3.63) is 71.1 Å². The molecule has 38 heavy (non-hydrogen) atoms. The number of nitrogens with one attached hydrogen (secondary N) is 1. The van der Waals surface area contributed by atoms with E-state index in [9.17, 15) is 13.2 Å². The molecule has 0 saturated heterocycles. The van der Waals surface area contributed by atoms with E-state index in [2.05, 4.69) is 20.1 Å². The average Bonchev–Trinajstić information content (AvgIpc) is 3.53. The number of pyridine rings is 1. The van der Waals surface area contributed by atoms with Crippen LogP contribution in [0.4, 0.5) is 23.5 Å². The molecule has 0 fully saturated rings. The molecule has 7 rings (SSSR count). The fourth-order valence-electron chi connectivity index (χ4n) is 5.68. The molecule has 0 bridgehead atoms. The minimum atomic E-state index is -4.51. The third-order valence-corrected chi connectivity index (χ3v) is 7.37. The number of aromatic nitrogens is 5. The number of hydrogen-bond donors (Lipinski definition) is 1. The van der Waals surface area contributed by atoms with Crippen LogP contribution in [0.5, 0.6) is 5.75 Å². The number of alkyl halides is 3. The second-order valence-electron chi connectivity index (χ2n) is 9.47. The molecule has 1 aliphatic heterocycles. The van der Waals surface area contributed by atoms with Gasteiger partial charge in [-0.05, 0) is 18.6 Å². The molecule has 2 aromatic carbocycles. The minimum Gasteiger partial charge on any atom is -0.491 e. The molecule has 1 N–H and O–H groups in total. The molecular formula is C27H20F4N6O. The Hall–Kier alpha value is -4.41. The monoisotopic (exact) mass is 520 g/mol. The topological polar surface area (TPSA) is 71.3 Å². The number of benzene rings is 2. The van der Waals surface area contributed by atoms with Crippen molar-refractivity contribution in [3.63, 3.8) is 0 Å². The molecule has 0 atom stereocenters. The van der Waals surface area contributed by atoms with Crippen LogP contribution in [-0.2, 0) is 19.1 Å². The third kappa shape index (κ3) is 3.04. The van der Waals surface area contributed by atoms with Gasteiger partial charge in [0.05, 0.1) is 23.7 Å². The fourth-order valence-corrected chi connectivity index (χ4v) is 5.68. The summed E-state index contributed by atoms with van der Waals surface area (Å²) in [6, 6.07) is 7.61. The number of rotatable bonds is 2. The molecule has 0 amide bonds. The zero-order valence-electron chi connectivity index (χ0n) is 20.3. The Kier molecular flexibility index (Phi) is 4.67. The van der Waals surface area contributed by atoms with Crippen LogP contribution in [0.25, 0.3) is 38.1 Å². The Morgan fingerprint density at radius 2 is 1.79 bits per heavy atom. The van der Waals surface area contributed by atoms with E-state index in [0.717, 1.165) is 51.0 Å². The number of fused-ring (bicyclic) bond motifs is 10. The predicted octanol–water partition coefficient (Wildman–Crippen LogP) is 5.95. The van der Waals surface area contributed by atoms with Gasteiger partial charge in [0, 0.05) is 70.9 Å². The van der Waals surface area contributed by atoms with Crippen LogP contribution in [0, 0.1) is 12.7 Å². The van der Waals surface area contributed by atoms with E-state index in [0.29, 0.717) is 35.8 Å². The SMILES string of the molecule is COc1c(F)c2c3cccc(C)c3n3[nH]c4c(c3c2c2ccnc12)CN(c1ncc(C(F)(F)F)cn1)CC4. The smallest absolute Gasteiger partial charge is 0.419 e. The lowest BCUT2D eigenvalue weighted by Gasteiger charge is -2.27. The molecule has 0 saturated carbocycles. The Balaban J connectivity index is 1.54. The summed E-state index contributed by atoms with van der Waals surface area (Å²) in [5, 5.41) is 6.14. The van der Waals surface area contributed by atoms with Gasteiger partial charge < -0.3 is 9.64 Å². The number of aromatic amines is 1. The Labute approximate surface area is 212 Å². The number of anilines is 1. The number of para-hydroxylation sites is 1. The van der Waals surface area contributed by atoms with Gasteiger partial charge in [0.1, 0.15) is 5.52 Å². The van der Waals surface area contributed by atoms with Gasteiger partial charge in [-0.15, -0.1) is 0 Å². The van der Waals surface area contributed by atoms with Gasteiger partial charge in [-0.1, -0.05) is 18.2 Å². The summed E-state index contributed by atoms with van der Waals surface area (Å²) in [6.07, 6.45) is -0.700. The van der Waals surface area contributed by atoms with E-state index in [1.807, 2.05) is 40.6 Å². The highest BCUT2D eigenvalue weighted by atomic mass is 19.4. The molecule has 0 unspecified atom stereocenters. The molecule has 1 aliphatic rings. The number of hydrogen-bond acceptors (Lipinski definition) is 5. The van der Waals surface area contributed by atoms with E-state index >= 15 is 4.39 Å². The first kappa shape index (κ1) is 22.8. The van der Waals surface area contributed by atoms with Gasteiger partial charge in [0.2, 0.25) is 5.95 Å². The van der Waals surface area contributed by atoms with Crippen LogP contribution >= 0.6 is 0 Å². The van der Waals surface area contributed by atoms with Gasteiger partial charge in [-0.25, -0.2) is 14.4 Å².